The van der Waals surface area contributed by atoms with Crippen LogP contribution in [0.4, 0.5) is 0 Å². The minimum Gasteiger partial charge on any atom is -0.476 e. The van der Waals surface area contributed by atoms with E-state index in [2.05, 4.69) is 10.2 Å². The Hall–Kier alpha value is -1.35. The second kappa shape index (κ2) is 5.11. The highest BCUT2D eigenvalue weighted by molar-refractivity contribution is 6.34. The van der Waals surface area contributed by atoms with Crippen molar-refractivity contribution in [1.82, 2.24) is 10.2 Å². The Bertz CT molecular complexity index is 552. The van der Waals surface area contributed by atoms with E-state index in [0.717, 1.165) is 17.4 Å². The normalized spacial score (nSPS) is 16.3. The Morgan fingerprint density at radius 3 is 2.61 bits per heavy atom. The number of rotatable bonds is 3. The van der Waals surface area contributed by atoms with Crippen molar-refractivity contribution < 1.29 is 4.74 Å². The molecular formula is C14H15ClN2O. The molecule has 1 aromatic carbocycles. The van der Waals surface area contributed by atoms with Gasteiger partial charge in [-0.3, -0.25) is 0 Å². The SMILES string of the molecule is Clc1nnc(OCC2CCCC2)c2ccccc12. The lowest BCUT2D eigenvalue weighted by Crippen LogP contribution is -2.09. The molecule has 0 unspecified atom stereocenters. The van der Waals surface area contributed by atoms with E-state index in [1.807, 2.05) is 24.3 Å². The molecule has 3 nitrogen and oxygen atoms in total. The number of aromatic nitrogens is 2. The summed E-state index contributed by atoms with van der Waals surface area (Å²) >= 11 is 6.03. The molecule has 1 aliphatic rings. The van der Waals surface area contributed by atoms with E-state index in [4.69, 9.17) is 16.3 Å². The molecule has 0 aliphatic heterocycles. The number of hydrogen-bond donors (Lipinski definition) is 0. The first-order valence-corrected chi connectivity index (χ1v) is 6.76. The molecule has 1 aliphatic carbocycles. The van der Waals surface area contributed by atoms with Crippen LogP contribution >= 0.6 is 11.6 Å². The number of nitrogens with zero attached hydrogens (tertiary/aromatic N) is 2. The van der Waals surface area contributed by atoms with Crippen LogP contribution in [0.25, 0.3) is 10.8 Å². The topological polar surface area (TPSA) is 35.0 Å². The number of ether oxygens (including phenoxy) is 1. The first-order chi connectivity index (χ1) is 8.84. The second-order valence-electron chi connectivity index (χ2n) is 4.80. The van der Waals surface area contributed by atoms with Crippen molar-refractivity contribution in [3.8, 4) is 5.88 Å². The van der Waals surface area contributed by atoms with Gasteiger partial charge in [0.2, 0.25) is 5.88 Å². The summed E-state index contributed by atoms with van der Waals surface area (Å²) in [7, 11) is 0. The van der Waals surface area contributed by atoms with E-state index in [0.29, 0.717) is 17.0 Å². The van der Waals surface area contributed by atoms with Gasteiger partial charge in [0.25, 0.3) is 0 Å². The molecule has 2 aromatic rings. The van der Waals surface area contributed by atoms with Crippen LogP contribution in [0, 0.1) is 5.92 Å². The van der Waals surface area contributed by atoms with Crippen LogP contribution in [0.15, 0.2) is 24.3 Å². The Labute approximate surface area is 111 Å². The van der Waals surface area contributed by atoms with Gasteiger partial charge in [-0.1, -0.05) is 42.6 Å². The zero-order valence-corrected chi connectivity index (χ0v) is 10.9. The fraction of sp³-hybridized carbons (Fsp3) is 0.429. The van der Waals surface area contributed by atoms with Gasteiger partial charge in [-0.25, -0.2) is 0 Å². The van der Waals surface area contributed by atoms with Crippen molar-refractivity contribution in [2.45, 2.75) is 25.7 Å². The number of halogens is 1. The van der Waals surface area contributed by atoms with E-state index in [1.165, 1.54) is 25.7 Å². The van der Waals surface area contributed by atoms with Gasteiger partial charge >= 0.3 is 0 Å². The molecule has 0 spiro atoms. The molecule has 0 amide bonds. The van der Waals surface area contributed by atoms with Crippen molar-refractivity contribution in [2.75, 3.05) is 6.61 Å². The van der Waals surface area contributed by atoms with Crippen LogP contribution in [0.1, 0.15) is 25.7 Å². The third kappa shape index (κ3) is 2.27. The summed E-state index contributed by atoms with van der Waals surface area (Å²) in [6.45, 7) is 0.736. The molecule has 18 heavy (non-hydrogen) atoms. The van der Waals surface area contributed by atoms with Gasteiger partial charge in [-0.15, -0.1) is 10.2 Å². The average Bonchev–Trinajstić information content (AvgIpc) is 2.92. The zero-order valence-electron chi connectivity index (χ0n) is 10.1. The third-order valence-electron chi connectivity index (χ3n) is 3.54. The Morgan fingerprint density at radius 1 is 1.11 bits per heavy atom. The standard InChI is InChI=1S/C14H15ClN2O/c15-13-11-7-3-4-8-12(11)14(17-16-13)18-9-10-5-1-2-6-10/h3-4,7-8,10H,1-2,5-6,9H2. The van der Waals surface area contributed by atoms with Crippen LogP contribution in [-0.2, 0) is 0 Å². The van der Waals surface area contributed by atoms with E-state index in [1.54, 1.807) is 0 Å². The minimum atomic E-state index is 0.429. The van der Waals surface area contributed by atoms with Crippen LogP contribution in [0.2, 0.25) is 5.15 Å². The van der Waals surface area contributed by atoms with Crippen molar-refractivity contribution in [2.24, 2.45) is 5.92 Å². The maximum atomic E-state index is 6.03. The molecule has 94 valence electrons. The monoisotopic (exact) mass is 262 g/mol. The lowest BCUT2D eigenvalue weighted by molar-refractivity contribution is 0.244. The van der Waals surface area contributed by atoms with Gasteiger partial charge in [0, 0.05) is 10.8 Å². The van der Waals surface area contributed by atoms with Crippen LogP contribution < -0.4 is 4.74 Å². The Balaban J connectivity index is 1.85. The molecule has 1 aromatic heterocycles. The van der Waals surface area contributed by atoms with Crippen molar-refractivity contribution in [3.05, 3.63) is 29.4 Å². The molecule has 3 rings (SSSR count). The van der Waals surface area contributed by atoms with Gasteiger partial charge in [0.1, 0.15) is 0 Å². The number of fused-ring (bicyclic) bond motifs is 1. The molecule has 0 atom stereocenters. The Morgan fingerprint density at radius 2 is 1.83 bits per heavy atom. The summed E-state index contributed by atoms with van der Waals surface area (Å²) in [5, 5.41) is 10.3. The summed E-state index contributed by atoms with van der Waals surface area (Å²) in [6.07, 6.45) is 5.17. The predicted molar refractivity (Wildman–Crippen MR) is 72.0 cm³/mol. The van der Waals surface area contributed by atoms with Gasteiger partial charge in [-0.2, -0.15) is 0 Å². The third-order valence-corrected chi connectivity index (χ3v) is 3.82. The van der Waals surface area contributed by atoms with E-state index >= 15 is 0 Å². The smallest absolute Gasteiger partial charge is 0.241 e. The highest BCUT2D eigenvalue weighted by Crippen LogP contribution is 2.29. The molecule has 1 saturated carbocycles. The maximum Gasteiger partial charge on any atom is 0.241 e. The van der Waals surface area contributed by atoms with Crippen LogP contribution in [0.3, 0.4) is 0 Å². The summed E-state index contributed by atoms with van der Waals surface area (Å²) in [4.78, 5) is 0. The summed E-state index contributed by atoms with van der Waals surface area (Å²) in [6, 6.07) is 7.81. The van der Waals surface area contributed by atoms with E-state index < -0.39 is 0 Å². The highest BCUT2D eigenvalue weighted by atomic mass is 35.5. The highest BCUT2D eigenvalue weighted by Gasteiger charge is 2.17. The molecular weight excluding hydrogens is 248 g/mol. The summed E-state index contributed by atoms with van der Waals surface area (Å²) in [5.41, 5.74) is 0. The largest absolute Gasteiger partial charge is 0.476 e. The fourth-order valence-electron chi connectivity index (χ4n) is 2.53. The Kier molecular flexibility index (Phi) is 3.33. The molecule has 0 bridgehead atoms. The minimum absolute atomic E-state index is 0.429. The predicted octanol–water partition coefficient (Wildman–Crippen LogP) is 3.85. The lowest BCUT2D eigenvalue weighted by Gasteiger charge is -2.11. The number of benzene rings is 1. The van der Waals surface area contributed by atoms with Gasteiger partial charge < -0.3 is 4.74 Å². The molecule has 1 fully saturated rings. The van der Waals surface area contributed by atoms with Gasteiger partial charge in [0.05, 0.1) is 6.61 Å². The second-order valence-corrected chi connectivity index (χ2v) is 5.16. The summed E-state index contributed by atoms with van der Waals surface area (Å²) < 4.78 is 5.83. The molecule has 1 heterocycles. The average molecular weight is 263 g/mol. The molecule has 4 heteroatoms. The fourth-order valence-corrected chi connectivity index (χ4v) is 2.73. The van der Waals surface area contributed by atoms with Crippen molar-refractivity contribution >= 4 is 22.4 Å². The number of hydrogen-bond acceptors (Lipinski definition) is 3. The van der Waals surface area contributed by atoms with E-state index in [-0.39, 0.29) is 0 Å². The maximum absolute atomic E-state index is 6.03. The molecule has 0 N–H and O–H groups in total. The molecule has 0 saturated heterocycles. The van der Waals surface area contributed by atoms with Gasteiger partial charge in [0.15, 0.2) is 5.15 Å². The van der Waals surface area contributed by atoms with E-state index in [9.17, 15) is 0 Å². The van der Waals surface area contributed by atoms with Crippen LogP contribution in [-0.4, -0.2) is 16.8 Å². The molecule has 0 radical (unpaired) electrons. The van der Waals surface area contributed by atoms with Crippen LogP contribution in [0.5, 0.6) is 5.88 Å². The quantitative estimate of drug-likeness (QED) is 0.843. The first kappa shape index (κ1) is 11.7. The first-order valence-electron chi connectivity index (χ1n) is 6.38. The van der Waals surface area contributed by atoms with Crippen molar-refractivity contribution in [1.29, 1.82) is 0 Å². The lowest BCUT2D eigenvalue weighted by atomic mass is 10.1. The zero-order chi connectivity index (χ0) is 12.4. The van der Waals surface area contributed by atoms with Crippen molar-refractivity contribution in [3.63, 3.8) is 0 Å². The van der Waals surface area contributed by atoms with Gasteiger partial charge in [-0.05, 0) is 24.8 Å². The summed E-state index contributed by atoms with van der Waals surface area (Å²) in [5.74, 6) is 1.27.